The Kier molecular flexibility index (Phi) is 6.14. The lowest BCUT2D eigenvalue weighted by Crippen LogP contribution is -2.37. The van der Waals surface area contributed by atoms with Crippen LogP contribution in [0.1, 0.15) is 33.1 Å². The largest absolute Gasteiger partial charge is 0.355 e. The molecule has 1 rings (SSSR count). The number of nitrogens with zero attached hydrogens (tertiary/aromatic N) is 2. The van der Waals surface area contributed by atoms with Gasteiger partial charge >= 0.3 is 0 Å². The van der Waals surface area contributed by atoms with Crippen LogP contribution in [-0.4, -0.2) is 37.5 Å². The fourth-order valence-corrected chi connectivity index (χ4v) is 2.53. The molecule has 0 radical (unpaired) electrons. The number of nitrogens with one attached hydrogen (secondary N) is 1. The Bertz CT molecular complexity index is 309. The lowest BCUT2D eigenvalue weighted by molar-refractivity contribution is -0.124. The second-order valence-electron chi connectivity index (χ2n) is 5.70. The smallest absolute Gasteiger partial charge is 0.237 e. The van der Waals surface area contributed by atoms with Crippen LogP contribution in [0, 0.1) is 29.1 Å². The molecule has 0 spiro atoms. The van der Waals surface area contributed by atoms with Crippen molar-refractivity contribution in [3.8, 4) is 6.07 Å². The molecule has 0 saturated carbocycles. The first-order valence-electron chi connectivity index (χ1n) is 6.90. The van der Waals surface area contributed by atoms with Crippen molar-refractivity contribution in [3.63, 3.8) is 0 Å². The van der Waals surface area contributed by atoms with Crippen molar-refractivity contribution >= 4 is 5.91 Å². The van der Waals surface area contributed by atoms with Gasteiger partial charge in [0.25, 0.3) is 0 Å². The molecule has 4 heteroatoms. The second-order valence-corrected chi connectivity index (χ2v) is 5.70. The molecule has 0 aromatic heterocycles. The van der Waals surface area contributed by atoms with Gasteiger partial charge in [-0.15, -0.1) is 0 Å². The van der Waals surface area contributed by atoms with Gasteiger partial charge in [0.15, 0.2) is 0 Å². The molecule has 0 aromatic carbocycles. The van der Waals surface area contributed by atoms with Gasteiger partial charge in [-0.3, -0.25) is 4.79 Å². The topological polar surface area (TPSA) is 56.1 Å². The van der Waals surface area contributed by atoms with Crippen molar-refractivity contribution in [2.45, 2.75) is 33.1 Å². The Morgan fingerprint density at radius 2 is 2.28 bits per heavy atom. The Morgan fingerprint density at radius 3 is 2.83 bits per heavy atom. The van der Waals surface area contributed by atoms with Gasteiger partial charge in [-0.05, 0) is 44.7 Å². The van der Waals surface area contributed by atoms with Crippen LogP contribution in [0.5, 0.6) is 0 Å². The molecule has 0 aromatic rings. The van der Waals surface area contributed by atoms with Crippen LogP contribution in [0.4, 0.5) is 0 Å². The van der Waals surface area contributed by atoms with E-state index in [4.69, 9.17) is 5.26 Å². The Hall–Kier alpha value is -1.08. The van der Waals surface area contributed by atoms with E-state index in [2.05, 4.69) is 23.3 Å². The summed E-state index contributed by atoms with van der Waals surface area (Å²) in [7, 11) is 2.15. The number of carbonyl (C=O) groups is 1. The zero-order valence-corrected chi connectivity index (χ0v) is 11.8. The van der Waals surface area contributed by atoms with Gasteiger partial charge in [0.1, 0.15) is 5.92 Å². The molecule has 2 atom stereocenters. The zero-order chi connectivity index (χ0) is 13.5. The van der Waals surface area contributed by atoms with E-state index in [9.17, 15) is 4.79 Å². The molecule has 0 aliphatic carbocycles. The summed E-state index contributed by atoms with van der Waals surface area (Å²) < 4.78 is 0. The lowest BCUT2D eigenvalue weighted by atomic mass is 9.94. The maximum atomic E-state index is 11.8. The van der Waals surface area contributed by atoms with Gasteiger partial charge in [0, 0.05) is 13.1 Å². The van der Waals surface area contributed by atoms with E-state index in [1.54, 1.807) is 0 Å². The first kappa shape index (κ1) is 15.0. The van der Waals surface area contributed by atoms with Crippen LogP contribution < -0.4 is 5.32 Å². The molecule has 1 amide bonds. The Labute approximate surface area is 110 Å². The Balaban J connectivity index is 2.25. The molecule has 1 aliphatic rings. The van der Waals surface area contributed by atoms with Gasteiger partial charge in [-0.1, -0.05) is 13.8 Å². The highest BCUT2D eigenvalue weighted by Gasteiger charge is 2.22. The minimum absolute atomic E-state index is 0.0795. The number of carbonyl (C=O) groups excluding carboxylic acids is 1. The summed E-state index contributed by atoms with van der Waals surface area (Å²) in [4.78, 5) is 14.1. The van der Waals surface area contributed by atoms with Crippen LogP contribution in [0.2, 0.25) is 0 Å². The maximum absolute atomic E-state index is 11.8. The number of hydrogen-bond donors (Lipinski definition) is 1. The highest BCUT2D eigenvalue weighted by molar-refractivity contribution is 5.81. The SMILES string of the molecule is CC(C)C(C#N)C(=O)NCCC1CCCN(C)C1. The van der Waals surface area contributed by atoms with Crippen molar-refractivity contribution in [3.05, 3.63) is 0 Å². The second kappa shape index (κ2) is 7.38. The van der Waals surface area contributed by atoms with E-state index in [1.807, 2.05) is 13.8 Å². The number of amides is 1. The third-order valence-electron chi connectivity index (χ3n) is 3.66. The fraction of sp³-hybridized carbons (Fsp3) is 0.857. The summed E-state index contributed by atoms with van der Waals surface area (Å²) in [6.07, 6.45) is 3.53. The van der Waals surface area contributed by atoms with E-state index in [0.717, 1.165) is 13.0 Å². The van der Waals surface area contributed by atoms with E-state index in [0.29, 0.717) is 12.5 Å². The molecule has 102 valence electrons. The van der Waals surface area contributed by atoms with Gasteiger partial charge in [0.2, 0.25) is 5.91 Å². The van der Waals surface area contributed by atoms with Gasteiger partial charge in [0.05, 0.1) is 6.07 Å². The summed E-state index contributed by atoms with van der Waals surface area (Å²) >= 11 is 0. The van der Waals surface area contributed by atoms with Gasteiger partial charge < -0.3 is 10.2 Å². The van der Waals surface area contributed by atoms with Crippen LogP contribution in [-0.2, 0) is 4.79 Å². The summed E-state index contributed by atoms with van der Waals surface area (Å²) in [5.41, 5.74) is 0. The molecular formula is C14H25N3O. The highest BCUT2D eigenvalue weighted by Crippen LogP contribution is 2.17. The molecule has 0 bridgehead atoms. The van der Waals surface area contributed by atoms with E-state index >= 15 is 0 Å². The van der Waals surface area contributed by atoms with Gasteiger partial charge in [-0.2, -0.15) is 5.26 Å². The third-order valence-corrected chi connectivity index (χ3v) is 3.66. The molecule has 4 nitrogen and oxygen atoms in total. The first-order valence-corrected chi connectivity index (χ1v) is 6.90. The summed E-state index contributed by atoms with van der Waals surface area (Å²) in [6.45, 7) is 6.82. The van der Waals surface area contributed by atoms with Crippen molar-refractivity contribution < 1.29 is 4.79 Å². The molecular weight excluding hydrogens is 226 g/mol. The van der Waals surface area contributed by atoms with Crippen molar-refractivity contribution in [2.75, 3.05) is 26.7 Å². The minimum Gasteiger partial charge on any atom is -0.355 e. The number of nitriles is 1. The Morgan fingerprint density at radius 1 is 1.56 bits per heavy atom. The van der Waals surface area contributed by atoms with Crippen molar-refractivity contribution in [1.29, 1.82) is 5.26 Å². The predicted molar refractivity (Wildman–Crippen MR) is 71.8 cm³/mol. The first-order chi connectivity index (χ1) is 8.54. The standard InChI is InChI=1S/C14H25N3O/c1-11(2)13(9-15)14(18)16-7-6-12-5-4-8-17(3)10-12/h11-13H,4-8,10H2,1-3H3,(H,16,18). The molecule has 1 aliphatic heterocycles. The quantitative estimate of drug-likeness (QED) is 0.808. The van der Waals surface area contributed by atoms with E-state index in [-0.39, 0.29) is 11.8 Å². The number of rotatable bonds is 5. The van der Waals surface area contributed by atoms with E-state index in [1.165, 1.54) is 19.4 Å². The minimum atomic E-state index is -0.515. The predicted octanol–water partition coefficient (Wildman–Crippen LogP) is 1.63. The zero-order valence-electron chi connectivity index (χ0n) is 11.8. The third kappa shape index (κ3) is 4.66. The van der Waals surface area contributed by atoms with Crippen LogP contribution in [0.25, 0.3) is 0 Å². The van der Waals surface area contributed by atoms with Crippen LogP contribution in [0.3, 0.4) is 0 Å². The van der Waals surface area contributed by atoms with Crippen LogP contribution >= 0.6 is 0 Å². The maximum Gasteiger partial charge on any atom is 0.237 e. The van der Waals surface area contributed by atoms with Crippen LogP contribution in [0.15, 0.2) is 0 Å². The highest BCUT2D eigenvalue weighted by atomic mass is 16.1. The molecule has 1 fully saturated rings. The van der Waals surface area contributed by atoms with Crippen molar-refractivity contribution in [2.24, 2.45) is 17.8 Å². The lowest BCUT2D eigenvalue weighted by Gasteiger charge is -2.29. The fourth-order valence-electron chi connectivity index (χ4n) is 2.53. The van der Waals surface area contributed by atoms with Crippen molar-refractivity contribution in [1.82, 2.24) is 10.2 Å². The normalized spacial score (nSPS) is 22.5. The van der Waals surface area contributed by atoms with E-state index < -0.39 is 5.92 Å². The molecule has 2 unspecified atom stereocenters. The van der Waals surface area contributed by atoms with Gasteiger partial charge in [-0.25, -0.2) is 0 Å². The molecule has 1 heterocycles. The average Bonchev–Trinajstić information content (AvgIpc) is 2.29. The molecule has 1 saturated heterocycles. The average molecular weight is 251 g/mol. The monoisotopic (exact) mass is 251 g/mol. The summed E-state index contributed by atoms with van der Waals surface area (Å²) in [5, 5.41) is 11.8. The number of likely N-dealkylation sites (tertiary alicyclic amines) is 1. The number of hydrogen-bond acceptors (Lipinski definition) is 3. The number of piperidine rings is 1. The summed E-state index contributed by atoms with van der Waals surface area (Å²) in [5.74, 6) is 0.134. The molecule has 18 heavy (non-hydrogen) atoms. The summed E-state index contributed by atoms with van der Waals surface area (Å²) in [6, 6.07) is 2.08. The molecule has 1 N–H and O–H groups in total.